The second-order valence-electron chi connectivity index (χ2n) is 3.73. The van der Waals surface area contributed by atoms with Gasteiger partial charge in [0, 0.05) is 13.1 Å². The molecule has 1 aromatic carbocycles. The molecule has 3 N–H and O–H groups in total. The first-order chi connectivity index (χ1) is 8.65. The molecule has 0 aliphatic rings. The Hall–Kier alpha value is -1.08. The van der Waals surface area contributed by atoms with E-state index in [9.17, 15) is 13.9 Å². The van der Waals surface area contributed by atoms with E-state index in [1.165, 1.54) is 6.07 Å². The summed E-state index contributed by atoms with van der Waals surface area (Å²) in [6, 6.07) is 3.30. The van der Waals surface area contributed by atoms with E-state index in [-0.39, 0.29) is 19.8 Å². The number of rotatable bonds is 8. The molecule has 1 unspecified atom stereocenters. The Labute approximate surface area is 104 Å². The minimum Gasteiger partial charge on any atom is -0.394 e. The van der Waals surface area contributed by atoms with E-state index in [4.69, 9.17) is 9.84 Å². The lowest BCUT2D eigenvalue weighted by Gasteiger charge is -2.12. The average molecular weight is 261 g/mol. The van der Waals surface area contributed by atoms with Crippen molar-refractivity contribution in [3.8, 4) is 0 Å². The third-order valence-electron chi connectivity index (χ3n) is 2.32. The molecule has 0 aliphatic heterocycles. The second-order valence-corrected chi connectivity index (χ2v) is 3.73. The van der Waals surface area contributed by atoms with Gasteiger partial charge in [-0.3, -0.25) is 0 Å². The van der Waals surface area contributed by atoms with Crippen molar-refractivity contribution in [2.24, 2.45) is 0 Å². The van der Waals surface area contributed by atoms with Crippen LogP contribution in [0.4, 0.5) is 8.78 Å². The van der Waals surface area contributed by atoms with Crippen molar-refractivity contribution in [3.63, 3.8) is 0 Å². The predicted octanol–water partition coefficient (Wildman–Crippen LogP) is 0.597. The summed E-state index contributed by atoms with van der Waals surface area (Å²) in [5.41, 5.74) is 0.317. The standard InChI is InChI=1S/C12H17F2NO3/c13-10-2-1-9(7-11(10)14)12(17)8-15-3-5-18-6-4-16/h1-2,7,12,15-17H,3-6,8H2. The fourth-order valence-electron chi connectivity index (χ4n) is 1.39. The van der Waals surface area contributed by atoms with Crippen LogP contribution < -0.4 is 5.32 Å². The van der Waals surface area contributed by atoms with Gasteiger partial charge in [0.05, 0.1) is 25.9 Å². The summed E-state index contributed by atoms with van der Waals surface area (Å²) < 4.78 is 30.6. The number of nitrogens with one attached hydrogen (secondary N) is 1. The first-order valence-electron chi connectivity index (χ1n) is 5.67. The topological polar surface area (TPSA) is 61.7 Å². The van der Waals surface area contributed by atoms with Gasteiger partial charge in [0.2, 0.25) is 0 Å². The fraction of sp³-hybridized carbons (Fsp3) is 0.500. The van der Waals surface area contributed by atoms with Crippen LogP contribution in [0.1, 0.15) is 11.7 Å². The van der Waals surface area contributed by atoms with Gasteiger partial charge >= 0.3 is 0 Å². The van der Waals surface area contributed by atoms with E-state index < -0.39 is 17.7 Å². The van der Waals surface area contributed by atoms with Gasteiger partial charge in [-0.1, -0.05) is 6.07 Å². The van der Waals surface area contributed by atoms with Crippen LogP contribution in [-0.4, -0.2) is 43.1 Å². The molecule has 0 spiro atoms. The largest absolute Gasteiger partial charge is 0.394 e. The van der Waals surface area contributed by atoms with E-state index in [2.05, 4.69) is 5.32 Å². The molecule has 1 aromatic rings. The third kappa shape index (κ3) is 5.05. The number of aliphatic hydroxyl groups excluding tert-OH is 2. The van der Waals surface area contributed by atoms with Gasteiger partial charge in [-0.2, -0.15) is 0 Å². The predicted molar refractivity (Wildman–Crippen MR) is 62.1 cm³/mol. The summed E-state index contributed by atoms with van der Waals surface area (Å²) in [5.74, 6) is -1.91. The fourth-order valence-corrected chi connectivity index (χ4v) is 1.39. The van der Waals surface area contributed by atoms with E-state index >= 15 is 0 Å². The van der Waals surface area contributed by atoms with Gasteiger partial charge in [0.15, 0.2) is 11.6 Å². The highest BCUT2D eigenvalue weighted by Crippen LogP contribution is 2.15. The van der Waals surface area contributed by atoms with Crippen molar-refractivity contribution in [3.05, 3.63) is 35.4 Å². The quantitative estimate of drug-likeness (QED) is 0.600. The monoisotopic (exact) mass is 261 g/mol. The lowest BCUT2D eigenvalue weighted by Crippen LogP contribution is -2.25. The van der Waals surface area contributed by atoms with Gasteiger partial charge < -0.3 is 20.3 Å². The molecule has 4 nitrogen and oxygen atoms in total. The maximum Gasteiger partial charge on any atom is 0.159 e. The number of benzene rings is 1. The Morgan fingerprint density at radius 2 is 2.00 bits per heavy atom. The molecule has 0 amide bonds. The summed E-state index contributed by atoms with van der Waals surface area (Å²) in [7, 11) is 0. The molecule has 0 saturated heterocycles. The van der Waals surface area contributed by atoms with Crippen molar-refractivity contribution < 1.29 is 23.7 Å². The maximum absolute atomic E-state index is 12.9. The smallest absolute Gasteiger partial charge is 0.159 e. The number of hydrogen-bond donors (Lipinski definition) is 3. The molecule has 0 heterocycles. The highest BCUT2D eigenvalue weighted by molar-refractivity contribution is 5.20. The van der Waals surface area contributed by atoms with Crippen molar-refractivity contribution in [1.82, 2.24) is 5.32 Å². The summed E-state index contributed by atoms with van der Waals surface area (Å²) >= 11 is 0. The summed E-state index contributed by atoms with van der Waals surface area (Å²) in [5, 5.41) is 21.1. The van der Waals surface area contributed by atoms with Gasteiger partial charge in [0.1, 0.15) is 0 Å². The molecule has 0 fully saturated rings. The van der Waals surface area contributed by atoms with Crippen LogP contribution in [0.15, 0.2) is 18.2 Å². The van der Waals surface area contributed by atoms with Gasteiger partial charge in [-0.15, -0.1) is 0 Å². The zero-order valence-electron chi connectivity index (χ0n) is 9.90. The van der Waals surface area contributed by atoms with E-state index in [0.717, 1.165) is 12.1 Å². The van der Waals surface area contributed by atoms with E-state index in [1.807, 2.05) is 0 Å². The van der Waals surface area contributed by atoms with Crippen LogP contribution in [0, 0.1) is 11.6 Å². The Kier molecular flexibility index (Phi) is 6.74. The van der Waals surface area contributed by atoms with Crippen LogP contribution >= 0.6 is 0 Å². The van der Waals surface area contributed by atoms with E-state index in [0.29, 0.717) is 18.7 Å². The molecule has 18 heavy (non-hydrogen) atoms. The molecular weight excluding hydrogens is 244 g/mol. The van der Waals surface area contributed by atoms with Crippen LogP contribution in [0.2, 0.25) is 0 Å². The van der Waals surface area contributed by atoms with Gasteiger partial charge in [0.25, 0.3) is 0 Å². The molecule has 102 valence electrons. The van der Waals surface area contributed by atoms with Gasteiger partial charge in [-0.25, -0.2) is 8.78 Å². The first-order valence-corrected chi connectivity index (χ1v) is 5.67. The van der Waals surface area contributed by atoms with Crippen LogP contribution in [0.25, 0.3) is 0 Å². The van der Waals surface area contributed by atoms with Crippen molar-refractivity contribution in [2.75, 3.05) is 32.9 Å². The number of hydrogen-bond acceptors (Lipinski definition) is 4. The second kappa shape index (κ2) is 8.10. The molecular formula is C12H17F2NO3. The Morgan fingerprint density at radius 1 is 1.22 bits per heavy atom. The maximum atomic E-state index is 12.9. The number of aliphatic hydroxyl groups is 2. The SMILES string of the molecule is OCCOCCNCC(O)c1ccc(F)c(F)c1. The first kappa shape index (κ1) is 15.0. The molecule has 6 heteroatoms. The van der Waals surface area contributed by atoms with Crippen LogP contribution in [0.3, 0.4) is 0 Å². The molecule has 0 saturated carbocycles. The summed E-state index contributed by atoms with van der Waals surface area (Å²) in [6.45, 7) is 1.37. The molecule has 0 bridgehead atoms. The van der Waals surface area contributed by atoms with Crippen LogP contribution in [0.5, 0.6) is 0 Å². The highest BCUT2D eigenvalue weighted by atomic mass is 19.2. The van der Waals surface area contributed by atoms with Crippen LogP contribution in [-0.2, 0) is 4.74 Å². The highest BCUT2D eigenvalue weighted by Gasteiger charge is 2.10. The minimum atomic E-state index is -0.974. The normalized spacial score (nSPS) is 12.7. The number of ether oxygens (including phenoxy) is 1. The third-order valence-corrected chi connectivity index (χ3v) is 2.32. The zero-order valence-corrected chi connectivity index (χ0v) is 9.90. The molecule has 0 aromatic heterocycles. The van der Waals surface area contributed by atoms with Crippen molar-refractivity contribution in [1.29, 1.82) is 0 Å². The Balaban J connectivity index is 2.27. The summed E-state index contributed by atoms with van der Waals surface area (Å²) in [6.07, 6.45) is -0.905. The zero-order chi connectivity index (χ0) is 13.4. The molecule has 0 radical (unpaired) electrons. The minimum absolute atomic E-state index is 0.0303. The molecule has 1 atom stereocenters. The average Bonchev–Trinajstić information content (AvgIpc) is 2.36. The Bertz CT molecular complexity index is 363. The molecule has 1 rings (SSSR count). The summed E-state index contributed by atoms with van der Waals surface area (Å²) in [4.78, 5) is 0. The van der Waals surface area contributed by atoms with Crippen molar-refractivity contribution >= 4 is 0 Å². The van der Waals surface area contributed by atoms with E-state index in [1.54, 1.807) is 0 Å². The molecule has 0 aliphatic carbocycles. The lowest BCUT2D eigenvalue weighted by molar-refractivity contribution is 0.0910. The van der Waals surface area contributed by atoms with Crippen molar-refractivity contribution in [2.45, 2.75) is 6.10 Å². The number of halogens is 2. The lowest BCUT2D eigenvalue weighted by atomic mass is 10.1. The van der Waals surface area contributed by atoms with Gasteiger partial charge in [-0.05, 0) is 17.7 Å². The Morgan fingerprint density at radius 3 is 2.67 bits per heavy atom.